The number of nitrogens with zero attached hydrogens (tertiary/aromatic N) is 1. The number of aliphatic hydroxyl groups is 1. The Morgan fingerprint density at radius 1 is 1.53 bits per heavy atom. The van der Waals surface area contributed by atoms with E-state index in [1.54, 1.807) is 4.90 Å². The fourth-order valence-electron chi connectivity index (χ4n) is 2.47. The van der Waals surface area contributed by atoms with Crippen molar-refractivity contribution >= 4 is 6.03 Å². The molecule has 0 aromatic carbocycles. The Morgan fingerprint density at radius 3 is 3.05 bits per heavy atom. The van der Waals surface area contributed by atoms with Crippen molar-refractivity contribution in [3.63, 3.8) is 0 Å². The van der Waals surface area contributed by atoms with Crippen molar-refractivity contribution in [3.8, 4) is 0 Å². The molecule has 19 heavy (non-hydrogen) atoms. The molecule has 0 bridgehead atoms. The second kappa shape index (κ2) is 6.61. The summed E-state index contributed by atoms with van der Waals surface area (Å²) in [5, 5.41) is 12.2. The smallest absolute Gasteiger partial charge is 0.317 e. The second-order valence-corrected chi connectivity index (χ2v) is 5.02. The highest BCUT2D eigenvalue weighted by Crippen LogP contribution is 2.16. The van der Waals surface area contributed by atoms with E-state index in [4.69, 9.17) is 4.42 Å². The third-order valence-corrected chi connectivity index (χ3v) is 3.54. The number of carbonyl (C=O) groups excluding carboxylic acids is 1. The van der Waals surface area contributed by atoms with Gasteiger partial charge in [-0.05, 0) is 38.3 Å². The molecule has 0 aliphatic carbocycles. The number of furan rings is 1. The number of aryl methyl sites for hydroxylation is 1. The Labute approximate surface area is 113 Å². The standard InChI is InChI=1S/C14H22N2O3/c1-11-5-6-13(19-11)7-8-15-14(18)16-9-3-2-4-12(16)10-17/h5-6,12,17H,2-4,7-10H2,1H3,(H,15,18)/t12-/m0/s1. The maximum Gasteiger partial charge on any atom is 0.317 e. The number of aliphatic hydroxyl groups excluding tert-OH is 1. The quantitative estimate of drug-likeness (QED) is 0.871. The first-order valence-corrected chi connectivity index (χ1v) is 6.91. The summed E-state index contributed by atoms with van der Waals surface area (Å²) in [6.45, 7) is 3.24. The Hall–Kier alpha value is -1.49. The Bertz CT molecular complexity index is 417. The van der Waals surface area contributed by atoms with Crippen LogP contribution in [0.15, 0.2) is 16.5 Å². The number of hydrogen-bond acceptors (Lipinski definition) is 3. The molecule has 1 aromatic heterocycles. The average Bonchev–Trinajstić information content (AvgIpc) is 2.84. The van der Waals surface area contributed by atoms with Crippen LogP contribution in [0.5, 0.6) is 0 Å². The summed E-state index contributed by atoms with van der Waals surface area (Å²) in [6.07, 6.45) is 3.68. The number of rotatable bonds is 4. The van der Waals surface area contributed by atoms with Gasteiger partial charge in [0.2, 0.25) is 0 Å². The molecule has 1 atom stereocenters. The molecule has 0 spiro atoms. The van der Waals surface area contributed by atoms with Gasteiger partial charge in [-0.2, -0.15) is 0 Å². The molecule has 2 N–H and O–H groups in total. The van der Waals surface area contributed by atoms with Crippen LogP contribution in [0.4, 0.5) is 4.79 Å². The molecular weight excluding hydrogens is 244 g/mol. The number of amides is 2. The number of nitrogens with one attached hydrogen (secondary N) is 1. The van der Waals surface area contributed by atoms with Gasteiger partial charge in [0.15, 0.2) is 0 Å². The van der Waals surface area contributed by atoms with Crippen molar-refractivity contribution < 1.29 is 14.3 Å². The van der Waals surface area contributed by atoms with Crippen LogP contribution in [0.1, 0.15) is 30.8 Å². The summed E-state index contributed by atoms with van der Waals surface area (Å²) in [5.41, 5.74) is 0. The third-order valence-electron chi connectivity index (χ3n) is 3.54. The minimum absolute atomic E-state index is 0.0281. The Kier molecular flexibility index (Phi) is 4.85. The van der Waals surface area contributed by atoms with E-state index in [2.05, 4.69) is 5.32 Å². The summed E-state index contributed by atoms with van der Waals surface area (Å²) < 4.78 is 5.45. The van der Waals surface area contributed by atoms with E-state index in [1.165, 1.54) is 0 Å². The molecule has 1 aromatic rings. The third kappa shape index (κ3) is 3.73. The fourth-order valence-corrected chi connectivity index (χ4v) is 2.47. The molecule has 2 heterocycles. The van der Waals surface area contributed by atoms with E-state index in [0.29, 0.717) is 13.0 Å². The summed E-state index contributed by atoms with van der Waals surface area (Å²) in [7, 11) is 0. The van der Waals surface area contributed by atoms with Crippen LogP contribution in [-0.2, 0) is 6.42 Å². The zero-order chi connectivity index (χ0) is 13.7. The van der Waals surface area contributed by atoms with E-state index in [-0.39, 0.29) is 18.7 Å². The molecule has 1 saturated heterocycles. The van der Waals surface area contributed by atoms with Gasteiger partial charge in [0.25, 0.3) is 0 Å². The van der Waals surface area contributed by atoms with Crippen molar-refractivity contribution in [2.45, 2.75) is 38.6 Å². The molecule has 1 fully saturated rings. The minimum Gasteiger partial charge on any atom is -0.466 e. The van der Waals surface area contributed by atoms with Gasteiger partial charge in [-0.25, -0.2) is 4.79 Å². The van der Waals surface area contributed by atoms with Crippen molar-refractivity contribution in [3.05, 3.63) is 23.7 Å². The van der Waals surface area contributed by atoms with Gasteiger partial charge in [0.05, 0.1) is 12.6 Å². The molecule has 1 aliphatic rings. The molecule has 2 amide bonds. The number of likely N-dealkylation sites (tertiary alicyclic amines) is 1. The van der Waals surface area contributed by atoms with E-state index in [9.17, 15) is 9.90 Å². The van der Waals surface area contributed by atoms with Crippen LogP contribution in [-0.4, -0.2) is 41.8 Å². The predicted octanol–water partition coefficient (Wildman–Crippen LogP) is 1.69. The summed E-state index contributed by atoms with van der Waals surface area (Å²) in [4.78, 5) is 13.8. The predicted molar refractivity (Wildman–Crippen MR) is 72.0 cm³/mol. The van der Waals surface area contributed by atoms with Gasteiger partial charge in [-0.3, -0.25) is 0 Å². The van der Waals surface area contributed by atoms with E-state index in [0.717, 1.165) is 37.3 Å². The number of urea groups is 1. The van der Waals surface area contributed by atoms with Crippen LogP contribution in [0.3, 0.4) is 0 Å². The molecule has 0 saturated carbocycles. The molecule has 1 aliphatic heterocycles. The maximum absolute atomic E-state index is 12.0. The van der Waals surface area contributed by atoms with Gasteiger partial charge < -0.3 is 19.7 Å². The van der Waals surface area contributed by atoms with Gasteiger partial charge in [0, 0.05) is 19.5 Å². The lowest BCUT2D eigenvalue weighted by Gasteiger charge is -2.34. The highest BCUT2D eigenvalue weighted by Gasteiger charge is 2.25. The first-order valence-electron chi connectivity index (χ1n) is 6.91. The monoisotopic (exact) mass is 266 g/mol. The normalized spacial score (nSPS) is 19.5. The lowest BCUT2D eigenvalue weighted by atomic mass is 10.0. The minimum atomic E-state index is -0.0815. The van der Waals surface area contributed by atoms with Crippen LogP contribution in [0.2, 0.25) is 0 Å². The highest BCUT2D eigenvalue weighted by atomic mass is 16.3. The molecule has 5 nitrogen and oxygen atoms in total. The number of piperidine rings is 1. The lowest BCUT2D eigenvalue weighted by Crippen LogP contribution is -2.50. The first-order chi connectivity index (χ1) is 9.20. The molecule has 106 valence electrons. The number of hydrogen-bond donors (Lipinski definition) is 2. The number of carbonyl (C=O) groups is 1. The summed E-state index contributed by atoms with van der Waals surface area (Å²) in [6, 6.07) is 3.74. The summed E-state index contributed by atoms with van der Waals surface area (Å²) >= 11 is 0. The SMILES string of the molecule is Cc1ccc(CCNC(=O)N2CCCC[C@H]2CO)o1. The molecule has 2 rings (SSSR count). The van der Waals surface area contributed by atoms with Crippen LogP contribution in [0.25, 0.3) is 0 Å². The van der Waals surface area contributed by atoms with Gasteiger partial charge >= 0.3 is 6.03 Å². The molecule has 0 radical (unpaired) electrons. The van der Waals surface area contributed by atoms with Gasteiger partial charge in [-0.15, -0.1) is 0 Å². The van der Waals surface area contributed by atoms with E-state index in [1.807, 2.05) is 19.1 Å². The van der Waals surface area contributed by atoms with Crippen molar-refractivity contribution in [2.24, 2.45) is 0 Å². The first kappa shape index (κ1) is 13.9. The Balaban J connectivity index is 1.77. The second-order valence-electron chi connectivity index (χ2n) is 5.02. The summed E-state index contributed by atoms with van der Waals surface area (Å²) in [5.74, 6) is 1.77. The van der Waals surface area contributed by atoms with Crippen molar-refractivity contribution in [1.82, 2.24) is 10.2 Å². The lowest BCUT2D eigenvalue weighted by molar-refractivity contribution is 0.108. The van der Waals surface area contributed by atoms with Gasteiger partial charge in [-0.1, -0.05) is 0 Å². The van der Waals surface area contributed by atoms with Crippen LogP contribution < -0.4 is 5.32 Å². The highest BCUT2D eigenvalue weighted by molar-refractivity contribution is 5.74. The Morgan fingerprint density at radius 2 is 2.37 bits per heavy atom. The van der Waals surface area contributed by atoms with E-state index >= 15 is 0 Å². The molecule has 0 unspecified atom stereocenters. The zero-order valence-electron chi connectivity index (χ0n) is 11.4. The maximum atomic E-state index is 12.0. The molecule has 5 heteroatoms. The van der Waals surface area contributed by atoms with Crippen molar-refractivity contribution in [1.29, 1.82) is 0 Å². The van der Waals surface area contributed by atoms with E-state index < -0.39 is 0 Å². The topological polar surface area (TPSA) is 65.7 Å². The fraction of sp³-hybridized carbons (Fsp3) is 0.643. The van der Waals surface area contributed by atoms with Crippen molar-refractivity contribution in [2.75, 3.05) is 19.7 Å². The molecular formula is C14H22N2O3. The van der Waals surface area contributed by atoms with Gasteiger partial charge in [0.1, 0.15) is 11.5 Å². The van der Waals surface area contributed by atoms with Crippen LogP contribution in [0, 0.1) is 6.92 Å². The van der Waals surface area contributed by atoms with Crippen LogP contribution >= 0.6 is 0 Å². The average molecular weight is 266 g/mol. The largest absolute Gasteiger partial charge is 0.466 e. The zero-order valence-corrected chi connectivity index (χ0v) is 11.4.